The van der Waals surface area contributed by atoms with Gasteiger partial charge in [0.1, 0.15) is 0 Å². The molecule has 0 bridgehead atoms. The molecule has 7 unspecified atom stereocenters. The predicted octanol–water partition coefficient (Wildman–Crippen LogP) is -4.79. The van der Waals surface area contributed by atoms with Crippen LogP contribution >= 0.6 is 0 Å². The van der Waals surface area contributed by atoms with Crippen LogP contribution in [0.2, 0.25) is 0 Å². The molecule has 7 atom stereocenters. The molecule has 2 rings (SSSR count). The molecule has 2 aliphatic carbocycles. The van der Waals surface area contributed by atoms with Gasteiger partial charge < -0.3 is 30.6 Å². The normalized spacial score (nSPS) is 39.5. The Morgan fingerprint density at radius 2 is 1.32 bits per heavy atom. The van der Waals surface area contributed by atoms with Gasteiger partial charge in [-0.25, -0.2) is 0 Å². The van der Waals surface area contributed by atoms with Gasteiger partial charge in [-0.05, 0) is 0 Å². The number of fused-ring (bicyclic) bond motifs is 1. The molecule has 0 amide bonds. The Labute approximate surface area is 141 Å². The number of hydrogen-bond acceptors (Lipinski definition) is 9. The van der Waals surface area contributed by atoms with Crippen LogP contribution in [-0.2, 0) is 14.4 Å². The van der Waals surface area contributed by atoms with Crippen molar-refractivity contribution in [2.75, 3.05) is 19.6 Å². The van der Waals surface area contributed by atoms with Crippen molar-refractivity contribution in [2.24, 2.45) is 5.92 Å². The number of aliphatic hydroxyl groups excluding tert-OH is 3. The number of aliphatic carboxylic acids is 3. The van der Waals surface area contributed by atoms with E-state index in [1.54, 1.807) is 0 Å². The number of hydrogen-bond donors (Lipinski definition) is 9. The number of carboxylic acids is 3. The van der Waals surface area contributed by atoms with Gasteiger partial charge in [0.25, 0.3) is 0 Å². The highest BCUT2D eigenvalue weighted by Gasteiger charge is 2.74. The first-order chi connectivity index (χ1) is 11.6. The lowest BCUT2D eigenvalue weighted by Gasteiger charge is -2.58. The van der Waals surface area contributed by atoms with E-state index in [0.717, 1.165) is 0 Å². The largest absolute Gasteiger partial charge is 0.480 e. The predicted molar refractivity (Wildman–Crippen MR) is 78.7 cm³/mol. The van der Waals surface area contributed by atoms with E-state index in [4.69, 9.17) is 15.3 Å². The number of nitrogens with one attached hydrogen (secondary N) is 3. The summed E-state index contributed by atoms with van der Waals surface area (Å²) in [6, 6.07) is -2.19. The Hall–Kier alpha value is -1.83. The van der Waals surface area contributed by atoms with Crippen LogP contribution in [-0.4, -0.2) is 104 Å². The summed E-state index contributed by atoms with van der Waals surface area (Å²) in [6.07, 6.45) is -4.10. The molecule has 2 saturated carbocycles. The van der Waals surface area contributed by atoms with Gasteiger partial charge in [-0.3, -0.25) is 30.3 Å². The SMILES string of the molecule is O=C(O)CNC1C(O)C2C(O)C(NCC(=O)O)C2(NCC(=O)O)C1O. The molecule has 0 aromatic rings. The van der Waals surface area contributed by atoms with Gasteiger partial charge in [0.2, 0.25) is 0 Å². The first kappa shape index (κ1) is 19.5. The fourth-order valence-corrected chi connectivity index (χ4v) is 3.92. The Bertz CT molecular complexity index is 559. The molecule has 0 aromatic carbocycles. The second-order valence-corrected chi connectivity index (χ2v) is 6.18. The molecule has 12 heteroatoms. The van der Waals surface area contributed by atoms with E-state index in [9.17, 15) is 29.7 Å². The van der Waals surface area contributed by atoms with Crippen molar-refractivity contribution in [3.8, 4) is 0 Å². The summed E-state index contributed by atoms with van der Waals surface area (Å²) in [5.41, 5.74) is -1.52. The third-order valence-electron chi connectivity index (χ3n) is 4.85. The minimum absolute atomic E-state index is 0.555. The molecule has 0 heterocycles. The maximum atomic E-state index is 10.9. The first-order valence-electron chi connectivity index (χ1n) is 7.54. The summed E-state index contributed by atoms with van der Waals surface area (Å²) < 4.78 is 0. The molecule has 2 fully saturated rings. The van der Waals surface area contributed by atoms with Crippen molar-refractivity contribution in [2.45, 2.75) is 35.9 Å². The van der Waals surface area contributed by atoms with E-state index in [1.807, 2.05) is 0 Å². The molecular weight excluding hydrogens is 342 g/mol. The molecule has 142 valence electrons. The van der Waals surface area contributed by atoms with Gasteiger partial charge in [-0.1, -0.05) is 0 Å². The lowest BCUT2D eigenvalue weighted by Crippen LogP contribution is -2.83. The van der Waals surface area contributed by atoms with E-state index >= 15 is 0 Å². The van der Waals surface area contributed by atoms with Gasteiger partial charge >= 0.3 is 17.9 Å². The molecule has 0 saturated heterocycles. The van der Waals surface area contributed by atoms with Gasteiger partial charge in [0.15, 0.2) is 0 Å². The molecule has 25 heavy (non-hydrogen) atoms. The highest BCUT2D eigenvalue weighted by atomic mass is 16.4. The molecule has 12 nitrogen and oxygen atoms in total. The van der Waals surface area contributed by atoms with Crippen molar-refractivity contribution in [3.63, 3.8) is 0 Å². The molecule has 2 aliphatic rings. The van der Waals surface area contributed by atoms with Crippen molar-refractivity contribution in [3.05, 3.63) is 0 Å². The maximum Gasteiger partial charge on any atom is 0.317 e. The summed E-state index contributed by atoms with van der Waals surface area (Å²) in [4.78, 5) is 32.3. The number of rotatable bonds is 9. The number of carbonyl (C=O) groups is 3. The van der Waals surface area contributed by atoms with Gasteiger partial charge in [-0.2, -0.15) is 0 Å². The summed E-state index contributed by atoms with van der Waals surface area (Å²) in [5, 5.41) is 65.2. The van der Waals surface area contributed by atoms with Crippen LogP contribution in [0.25, 0.3) is 0 Å². The smallest absolute Gasteiger partial charge is 0.317 e. The first-order valence-corrected chi connectivity index (χ1v) is 7.54. The zero-order chi connectivity index (χ0) is 18.9. The molecular formula is C13H21N3O9. The van der Waals surface area contributed by atoms with Crippen LogP contribution in [0.3, 0.4) is 0 Å². The van der Waals surface area contributed by atoms with E-state index in [0.29, 0.717) is 0 Å². The van der Waals surface area contributed by atoms with Crippen molar-refractivity contribution in [1.29, 1.82) is 0 Å². The van der Waals surface area contributed by atoms with Crippen molar-refractivity contribution in [1.82, 2.24) is 16.0 Å². The molecule has 0 radical (unpaired) electrons. The Morgan fingerprint density at radius 3 is 1.84 bits per heavy atom. The van der Waals surface area contributed by atoms with Crippen LogP contribution in [0.4, 0.5) is 0 Å². The molecule has 9 N–H and O–H groups in total. The molecule has 0 spiro atoms. The third kappa shape index (κ3) is 3.31. The van der Waals surface area contributed by atoms with Gasteiger partial charge in [-0.15, -0.1) is 0 Å². The maximum absolute atomic E-state index is 10.9. The summed E-state index contributed by atoms with van der Waals surface area (Å²) in [6.45, 7) is -1.73. The Balaban J connectivity index is 2.26. The van der Waals surface area contributed by atoms with Crippen molar-refractivity contribution < 1.29 is 45.0 Å². The third-order valence-corrected chi connectivity index (χ3v) is 4.85. The fourth-order valence-electron chi connectivity index (χ4n) is 3.92. The van der Waals surface area contributed by atoms with E-state index < -0.39 is 79.4 Å². The Morgan fingerprint density at radius 1 is 0.800 bits per heavy atom. The lowest BCUT2D eigenvalue weighted by atomic mass is 9.60. The second-order valence-electron chi connectivity index (χ2n) is 6.18. The van der Waals surface area contributed by atoms with Gasteiger partial charge in [0, 0.05) is 5.92 Å². The van der Waals surface area contributed by atoms with Gasteiger partial charge in [0.05, 0.1) is 55.6 Å². The topological polar surface area (TPSA) is 209 Å². The summed E-state index contributed by atoms with van der Waals surface area (Å²) in [7, 11) is 0. The van der Waals surface area contributed by atoms with Crippen LogP contribution in [0, 0.1) is 5.92 Å². The standard InChI is InChI=1S/C13H21N3O9/c17-4(18)1-14-8-9(23)7-10(24)11(15-2-5(19)20)13(7,12(8)25)16-3-6(21)22/h7-12,14-16,23-25H,1-3H2,(H,17,18)(H,19,20)(H,21,22). The van der Waals surface area contributed by atoms with E-state index in [2.05, 4.69) is 16.0 Å². The molecule has 0 aliphatic heterocycles. The fraction of sp³-hybridized carbons (Fsp3) is 0.769. The average Bonchev–Trinajstić information content (AvgIpc) is 2.67. The summed E-state index contributed by atoms with van der Waals surface area (Å²) >= 11 is 0. The molecule has 0 aromatic heterocycles. The average molecular weight is 363 g/mol. The quantitative estimate of drug-likeness (QED) is 0.189. The van der Waals surface area contributed by atoms with Crippen LogP contribution in [0.5, 0.6) is 0 Å². The number of aliphatic hydroxyl groups is 3. The van der Waals surface area contributed by atoms with E-state index in [1.165, 1.54) is 0 Å². The van der Waals surface area contributed by atoms with Crippen molar-refractivity contribution >= 4 is 17.9 Å². The van der Waals surface area contributed by atoms with Crippen LogP contribution in [0.1, 0.15) is 0 Å². The highest BCUT2D eigenvalue weighted by Crippen LogP contribution is 2.51. The highest BCUT2D eigenvalue weighted by molar-refractivity contribution is 5.70. The van der Waals surface area contributed by atoms with E-state index in [-0.39, 0.29) is 0 Å². The monoisotopic (exact) mass is 363 g/mol. The minimum atomic E-state index is -1.52. The van der Waals surface area contributed by atoms with Crippen LogP contribution < -0.4 is 16.0 Å². The summed E-state index contributed by atoms with van der Waals surface area (Å²) in [5.74, 6) is -4.72. The second kappa shape index (κ2) is 7.19. The zero-order valence-corrected chi connectivity index (χ0v) is 13.0. The number of carboxylic acid groups (broad SMARTS) is 3. The van der Waals surface area contributed by atoms with Crippen LogP contribution in [0.15, 0.2) is 0 Å². The minimum Gasteiger partial charge on any atom is -0.480 e. The zero-order valence-electron chi connectivity index (χ0n) is 13.0. The Kier molecular flexibility index (Phi) is 5.61. The lowest BCUT2D eigenvalue weighted by molar-refractivity contribution is -0.156.